The maximum Gasteiger partial charge on any atom is 0.0707 e. The number of aliphatic hydroxyl groups excluding tert-OH is 1. The van der Waals surface area contributed by atoms with E-state index in [1.54, 1.807) is 0 Å². The van der Waals surface area contributed by atoms with Crippen molar-refractivity contribution in [3.8, 4) is 0 Å². The standard InChI is InChI=1S/C16H35NO3/c1-6-10-17-16(5,14-18)9-7-8-11-19-12-13-20-15(2,3)4/h17-18H,6-14H2,1-5H3. The van der Waals surface area contributed by atoms with Crippen LogP contribution in [-0.2, 0) is 9.47 Å². The van der Waals surface area contributed by atoms with Crippen LogP contribution in [0.1, 0.15) is 60.3 Å². The van der Waals surface area contributed by atoms with Crippen LogP contribution in [0.3, 0.4) is 0 Å². The molecule has 0 aromatic heterocycles. The fraction of sp³-hybridized carbons (Fsp3) is 1.00. The second-order valence-corrected chi connectivity index (χ2v) is 6.68. The number of ether oxygens (including phenoxy) is 2. The molecule has 0 aliphatic heterocycles. The predicted octanol–water partition coefficient (Wildman–Crippen LogP) is 2.74. The van der Waals surface area contributed by atoms with Gasteiger partial charge in [0, 0.05) is 12.1 Å². The van der Waals surface area contributed by atoms with E-state index in [2.05, 4.69) is 19.2 Å². The fourth-order valence-electron chi connectivity index (χ4n) is 1.88. The van der Waals surface area contributed by atoms with Crippen LogP contribution in [0.15, 0.2) is 0 Å². The molecular weight excluding hydrogens is 254 g/mol. The molecule has 0 bridgehead atoms. The van der Waals surface area contributed by atoms with Crippen molar-refractivity contribution in [2.24, 2.45) is 0 Å². The van der Waals surface area contributed by atoms with E-state index in [1.807, 2.05) is 20.8 Å². The zero-order valence-electron chi connectivity index (χ0n) is 14.1. The van der Waals surface area contributed by atoms with E-state index < -0.39 is 0 Å². The molecule has 1 unspecified atom stereocenters. The third-order valence-corrected chi connectivity index (χ3v) is 3.18. The Hall–Kier alpha value is -0.160. The molecule has 0 aliphatic carbocycles. The van der Waals surface area contributed by atoms with E-state index >= 15 is 0 Å². The first kappa shape index (κ1) is 19.8. The van der Waals surface area contributed by atoms with Gasteiger partial charge in [-0.05, 0) is 59.9 Å². The molecule has 122 valence electrons. The van der Waals surface area contributed by atoms with Gasteiger partial charge in [-0.1, -0.05) is 6.92 Å². The monoisotopic (exact) mass is 289 g/mol. The molecular formula is C16H35NO3. The van der Waals surface area contributed by atoms with Crippen LogP contribution in [-0.4, -0.2) is 49.2 Å². The molecule has 1 atom stereocenters. The lowest BCUT2D eigenvalue weighted by atomic mass is 9.95. The van der Waals surface area contributed by atoms with Crippen molar-refractivity contribution in [3.63, 3.8) is 0 Å². The molecule has 2 N–H and O–H groups in total. The van der Waals surface area contributed by atoms with Gasteiger partial charge >= 0.3 is 0 Å². The summed E-state index contributed by atoms with van der Waals surface area (Å²) in [7, 11) is 0. The normalized spacial score (nSPS) is 15.3. The molecule has 0 aliphatic rings. The smallest absolute Gasteiger partial charge is 0.0707 e. The van der Waals surface area contributed by atoms with Gasteiger partial charge in [-0.3, -0.25) is 0 Å². The number of rotatable bonds is 12. The minimum Gasteiger partial charge on any atom is -0.394 e. The van der Waals surface area contributed by atoms with Crippen LogP contribution in [0, 0.1) is 0 Å². The van der Waals surface area contributed by atoms with Gasteiger partial charge in [0.2, 0.25) is 0 Å². The summed E-state index contributed by atoms with van der Waals surface area (Å²) in [5, 5.41) is 12.9. The van der Waals surface area contributed by atoms with Crippen molar-refractivity contribution < 1.29 is 14.6 Å². The molecule has 0 aromatic carbocycles. The van der Waals surface area contributed by atoms with Crippen molar-refractivity contribution >= 4 is 0 Å². The molecule has 4 nitrogen and oxygen atoms in total. The summed E-state index contributed by atoms with van der Waals surface area (Å²) in [6, 6.07) is 0. The second kappa shape index (κ2) is 10.6. The highest BCUT2D eigenvalue weighted by atomic mass is 16.5. The zero-order chi connectivity index (χ0) is 15.5. The molecule has 0 saturated heterocycles. The Balaban J connectivity index is 3.51. The largest absolute Gasteiger partial charge is 0.394 e. The Morgan fingerprint density at radius 3 is 2.25 bits per heavy atom. The van der Waals surface area contributed by atoms with Crippen molar-refractivity contribution in [2.75, 3.05) is 33.0 Å². The highest BCUT2D eigenvalue weighted by molar-refractivity contribution is 4.81. The van der Waals surface area contributed by atoms with Gasteiger partial charge in [0.05, 0.1) is 25.4 Å². The Bertz CT molecular complexity index is 228. The van der Waals surface area contributed by atoms with Gasteiger partial charge in [-0.2, -0.15) is 0 Å². The first-order valence-electron chi connectivity index (χ1n) is 7.90. The van der Waals surface area contributed by atoms with Gasteiger partial charge < -0.3 is 19.9 Å². The third kappa shape index (κ3) is 11.6. The van der Waals surface area contributed by atoms with Gasteiger partial charge in [-0.15, -0.1) is 0 Å². The fourth-order valence-corrected chi connectivity index (χ4v) is 1.88. The quantitative estimate of drug-likeness (QED) is 0.542. The van der Waals surface area contributed by atoms with E-state index in [0.717, 1.165) is 38.8 Å². The Morgan fingerprint density at radius 1 is 1.00 bits per heavy atom. The minimum absolute atomic E-state index is 0.0861. The van der Waals surface area contributed by atoms with Gasteiger partial charge in [0.15, 0.2) is 0 Å². The molecule has 0 rings (SSSR count). The maximum absolute atomic E-state index is 9.45. The van der Waals surface area contributed by atoms with Crippen LogP contribution in [0.25, 0.3) is 0 Å². The summed E-state index contributed by atoms with van der Waals surface area (Å²) in [6.45, 7) is 13.6. The molecule has 0 radical (unpaired) electrons. The third-order valence-electron chi connectivity index (χ3n) is 3.18. The summed E-state index contributed by atoms with van der Waals surface area (Å²) in [5.41, 5.74) is -0.234. The van der Waals surface area contributed by atoms with Crippen molar-refractivity contribution in [1.82, 2.24) is 5.32 Å². The van der Waals surface area contributed by atoms with Crippen molar-refractivity contribution in [1.29, 1.82) is 0 Å². The second-order valence-electron chi connectivity index (χ2n) is 6.68. The number of unbranched alkanes of at least 4 members (excludes halogenated alkanes) is 1. The van der Waals surface area contributed by atoms with E-state index in [-0.39, 0.29) is 17.7 Å². The van der Waals surface area contributed by atoms with Crippen LogP contribution >= 0.6 is 0 Å². The molecule has 0 aromatic rings. The Kier molecular flexibility index (Phi) is 10.5. The predicted molar refractivity (Wildman–Crippen MR) is 84.2 cm³/mol. The van der Waals surface area contributed by atoms with Crippen LogP contribution < -0.4 is 5.32 Å². The van der Waals surface area contributed by atoms with Crippen LogP contribution in [0.5, 0.6) is 0 Å². The SMILES string of the molecule is CCCNC(C)(CO)CCCCOCCOC(C)(C)C. The first-order valence-corrected chi connectivity index (χ1v) is 7.90. The summed E-state index contributed by atoms with van der Waals surface area (Å²) in [4.78, 5) is 0. The summed E-state index contributed by atoms with van der Waals surface area (Å²) in [5.74, 6) is 0. The topological polar surface area (TPSA) is 50.7 Å². The number of hydrogen-bond acceptors (Lipinski definition) is 4. The van der Waals surface area contributed by atoms with E-state index in [4.69, 9.17) is 9.47 Å². The maximum atomic E-state index is 9.45. The van der Waals surface area contributed by atoms with E-state index in [0.29, 0.717) is 13.2 Å². The molecule has 0 fully saturated rings. The number of nitrogens with one attached hydrogen (secondary N) is 1. The minimum atomic E-state index is -0.147. The molecule has 0 amide bonds. The lowest BCUT2D eigenvalue weighted by molar-refractivity contribution is -0.0353. The number of hydrogen-bond donors (Lipinski definition) is 2. The Labute approximate surface area is 125 Å². The van der Waals surface area contributed by atoms with Gasteiger partial charge in [-0.25, -0.2) is 0 Å². The van der Waals surface area contributed by atoms with Gasteiger partial charge in [0.1, 0.15) is 0 Å². The zero-order valence-corrected chi connectivity index (χ0v) is 14.1. The number of aliphatic hydroxyl groups is 1. The molecule has 0 heterocycles. The lowest BCUT2D eigenvalue weighted by Crippen LogP contribution is -2.46. The van der Waals surface area contributed by atoms with Crippen LogP contribution in [0.4, 0.5) is 0 Å². The Morgan fingerprint density at radius 2 is 1.70 bits per heavy atom. The summed E-state index contributed by atoms with van der Waals surface area (Å²) >= 11 is 0. The van der Waals surface area contributed by atoms with E-state index in [1.165, 1.54) is 0 Å². The summed E-state index contributed by atoms with van der Waals surface area (Å²) < 4.78 is 11.1. The first-order chi connectivity index (χ1) is 9.33. The lowest BCUT2D eigenvalue weighted by Gasteiger charge is -2.28. The van der Waals surface area contributed by atoms with Crippen LogP contribution in [0.2, 0.25) is 0 Å². The van der Waals surface area contributed by atoms with E-state index in [9.17, 15) is 5.11 Å². The van der Waals surface area contributed by atoms with Crippen molar-refractivity contribution in [2.45, 2.75) is 71.4 Å². The highest BCUT2D eigenvalue weighted by Crippen LogP contribution is 2.13. The van der Waals surface area contributed by atoms with Crippen molar-refractivity contribution in [3.05, 3.63) is 0 Å². The highest BCUT2D eigenvalue weighted by Gasteiger charge is 2.21. The molecule has 20 heavy (non-hydrogen) atoms. The molecule has 0 spiro atoms. The average Bonchev–Trinajstić information content (AvgIpc) is 2.38. The summed E-state index contributed by atoms with van der Waals surface area (Å²) in [6.07, 6.45) is 4.16. The average molecular weight is 289 g/mol. The molecule has 4 heteroatoms. The van der Waals surface area contributed by atoms with Gasteiger partial charge in [0.25, 0.3) is 0 Å². The molecule has 0 saturated carbocycles.